The summed E-state index contributed by atoms with van der Waals surface area (Å²) in [6.45, 7) is 2.70. The number of rotatable bonds is 5. The molecule has 1 amide bonds. The van der Waals surface area contributed by atoms with E-state index in [1.807, 2.05) is 31.4 Å². The first-order valence-corrected chi connectivity index (χ1v) is 7.91. The molecule has 0 aliphatic rings. The van der Waals surface area contributed by atoms with Crippen molar-refractivity contribution in [2.75, 3.05) is 18.6 Å². The highest BCUT2D eigenvalue weighted by Crippen LogP contribution is 2.25. The molecule has 1 aromatic heterocycles. The molecule has 0 unspecified atom stereocenters. The van der Waals surface area contributed by atoms with Gasteiger partial charge >= 0.3 is 0 Å². The van der Waals surface area contributed by atoms with Crippen LogP contribution in [0.2, 0.25) is 5.02 Å². The molecule has 2 aromatic rings. The minimum absolute atomic E-state index is 0.0861. The Hall–Kier alpha value is -1.13. The molecule has 0 fully saturated rings. The van der Waals surface area contributed by atoms with E-state index >= 15 is 0 Å². The molecule has 0 aliphatic heterocycles. The number of hydrogen-bond donors (Lipinski definition) is 2. The number of H-pyrrole nitrogens is 1. The third-order valence-corrected chi connectivity index (χ3v) is 3.84. The van der Waals surface area contributed by atoms with Gasteiger partial charge in [-0.2, -0.15) is 11.8 Å². The van der Waals surface area contributed by atoms with Gasteiger partial charge in [-0.1, -0.05) is 11.6 Å². The van der Waals surface area contributed by atoms with Crippen LogP contribution >= 0.6 is 23.4 Å². The number of nitrogens with one attached hydrogen (secondary N) is 2. The van der Waals surface area contributed by atoms with Gasteiger partial charge in [-0.25, -0.2) is 0 Å². The molecule has 2 N–H and O–H groups in total. The summed E-state index contributed by atoms with van der Waals surface area (Å²) in [5, 5.41) is 4.80. The average molecular weight is 297 g/mol. The maximum Gasteiger partial charge on any atom is 0.229 e. The quantitative estimate of drug-likeness (QED) is 0.890. The molecule has 3 nitrogen and oxygen atoms in total. The van der Waals surface area contributed by atoms with Crippen molar-refractivity contribution < 1.29 is 4.79 Å². The third-order valence-electron chi connectivity index (χ3n) is 3.05. The average Bonchev–Trinajstić information content (AvgIpc) is 2.66. The Balaban J connectivity index is 2.09. The molecule has 19 heavy (non-hydrogen) atoms. The number of aromatic nitrogens is 1. The maximum atomic E-state index is 11.4. The lowest BCUT2D eigenvalue weighted by atomic mass is 10.1. The third kappa shape index (κ3) is 3.45. The van der Waals surface area contributed by atoms with Gasteiger partial charge in [-0.05, 0) is 43.4 Å². The minimum atomic E-state index is 0.0861. The molecule has 0 bridgehead atoms. The smallest absolute Gasteiger partial charge is 0.229 e. The van der Waals surface area contributed by atoms with E-state index in [1.165, 1.54) is 17.3 Å². The molecule has 102 valence electrons. The van der Waals surface area contributed by atoms with Gasteiger partial charge in [0.15, 0.2) is 0 Å². The Kier molecular flexibility index (Phi) is 4.77. The van der Waals surface area contributed by atoms with Gasteiger partial charge in [0.2, 0.25) is 5.91 Å². The summed E-state index contributed by atoms with van der Waals surface area (Å²) in [5.41, 5.74) is 3.45. The van der Waals surface area contributed by atoms with E-state index in [4.69, 9.17) is 11.6 Å². The standard InChI is InChI=1S/C14H17ClN2OS/c1-9-11(5-6-16-14(18)8-19-2)12-7-10(15)3-4-13(12)17-9/h3-4,7,17H,5-6,8H2,1-2H3,(H,16,18). The Bertz CT molecular complexity index is 594. The van der Waals surface area contributed by atoms with E-state index in [2.05, 4.69) is 10.3 Å². The highest BCUT2D eigenvalue weighted by atomic mass is 35.5. The fraction of sp³-hybridized carbons (Fsp3) is 0.357. The lowest BCUT2D eigenvalue weighted by Gasteiger charge is -2.05. The van der Waals surface area contributed by atoms with Crippen LogP contribution in [0.15, 0.2) is 18.2 Å². The van der Waals surface area contributed by atoms with E-state index in [9.17, 15) is 4.79 Å². The maximum absolute atomic E-state index is 11.4. The first-order chi connectivity index (χ1) is 9.11. The first-order valence-electron chi connectivity index (χ1n) is 6.14. The van der Waals surface area contributed by atoms with Crippen LogP contribution in [0.4, 0.5) is 0 Å². The molecular formula is C14H17ClN2OS. The molecule has 0 saturated carbocycles. The van der Waals surface area contributed by atoms with Crippen molar-refractivity contribution in [1.82, 2.24) is 10.3 Å². The van der Waals surface area contributed by atoms with Gasteiger partial charge in [-0.15, -0.1) is 0 Å². The number of amides is 1. The van der Waals surface area contributed by atoms with Gasteiger partial charge in [-0.3, -0.25) is 4.79 Å². The molecule has 0 radical (unpaired) electrons. The number of carbonyl (C=O) groups excluding carboxylic acids is 1. The Morgan fingerprint density at radius 2 is 2.26 bits per heavy atom. The van der Waals surface area contributed by atoms with E-state index < -0.39 is 0 Å². The zero-order valence-corrected chi connectivity index (χ0v) is 12.6. The van der Waals surface area contributed by atoms with Crippen LogP contribution < -0.4 is 5.32 Å². The molecule has 0 aliphatic carbocycles. The highest BCUT2D eigenvalue weighted by molar-refractivity contribution is 7.99. The summed E-state index contributed by atoms with van der Waals surface area (Å²) in [4.78, 5) is 14.8. The van der Waals surface area contributed by atoms with Crippen LogP contribution in [0.25, 0.3) is 10.9 Å². The van der Waals surface area contributed by atoms with Crippen molar-refractivity contribution in [2.45, 2.75) is 13.3 Å². The zero-order chi connectivity index (χ0) is 13.8. The van der Waals surface area contributed by atoms with Gasteiger partial charge in [0.05, 0.1) is 5.75 Å². The minimum Gasteiger partial charge on any atom is -0.358 e. The van der Waals surface area contributed by atoms with E-state index in [0.717, 1.165) is 28.0 Å². The van der Waals surface area contributed by atoms with Crippen molar-refractivity contribution in [3.8, 4) is 0 Å². The number of thioether (sulfide) groups is 1. The molecule has 1 aromatic carbocycles. The number of halogens is 1. The molecule has 0 atom stereocenters. The summed E-state index contributed by atoms with van der Waals surface area (Å²) >= 11 is 7.57. The van der Waals surface area contributed by atoms with Gasteiger partial charge < -0.3 is 10.3 Å². The molecular weight excluding hydrogens is 280 g/mol. The Morgan fingerprint density at radius 3 is 3.00 bits per heavy atom. The van der Waals surface area contributed by atoms with Gasteiger partial charge in [0, 0.05) is 28.2 Å². The molecule has 2 rings (SSSR count). The summed E-state index contributed by atoms with van der Waals surface area (Å²) in [7, 11) is 0. The van der Waals surface area contributed by atoms with Crippen molar-refractivity contribution in [1.29, 1.82) is 0 Å². The number of carbonyl (C=O) groups is 1. The second-order valence-corrected chi connectivity index (χ2v) is 5.75. The largest absolute Gasteiger partial charge is 0.358 e. The second kappa shape index (κ2) is 6.35. The zero-order valence-electron chi connectivity index (χ0n) is 11.0. The fourth-order valence-corrected chi connectivity index (χ4v) is 2.72. The van der Waals surface area contributed by atoms with Crippen molar-refractivity contribution in [2.24, 2.45) is 0 Å². The predicted octanol–water partition coefficient (Wildman–Crippen LogP) is 3.15. The van der Waals surface area contributed by atoms with Crippen molar-refractivity contribution >= 4 is 40.2 Å². The van der Waals surface area contributed by atoms with Crippen molar-refractivity contribution in [3.63, 3.8) is 0 Å². The van der Waals surface area contributed by atoms with E-state index in [0.29, 0.717) is 12.3 Å². The number of aryl methyl sites for hydroxylation is 1. The Morgan fingerprint density at radius 1 is 1.47 bits per heavy atom. The molecule has 5 heteroatoms. The lowest BCUT2D eigenvalue weighted by molar-refractivity contribution is -0.118. The SMILES string of the molecule is CSCC(=O)NCCc1c(C)[nH]c2ccc(Cl)cc12. The summed E-state index contributed by atoms with van der Waals surface area (Å²) in [6, 6.07) is 5.84. The lowest BCUT2D eigenvalue weighted by Crippen LogP contribution is -2.27. The Labute approximate surface area is 122 Å². The normalized spacial score (nSPS) is 10.9. The summed E-state index contributed by atoms with van der Waals surface area (Å²) < 4.78 is 0. The van der Waals surface area contributed by atoms with Gasteiger partial charge in [0.25, 0.3) is 0 Å². The van der Waals surface area contributed by atoms with E-state index in [-0.39, 0.29) is 5.91 Å². The van der Waals surface area contributed by atoms with Crippen LogP contribution in [0, 0.1) is 6.92 Å². The number of aromatic amines is 1. The van der Waals surface area contributed by atoms with Crippen molar-refractivity contribution in [3.05, 3.63) is 34.5 Å². The van der Waals surface area contributed by atoms with Crippen LogP contribution in [0.5, 0.6) is 0 Å². The van der Waals surface area contributed by atoms with Crippen LogP contribution in [0.3, 0.4) is 0 Å². The van der Waals surface area contributed by atoms with Crippen LogP contribution in [0.1, 0.15) is 11.3 Å². The van der Waals surface area contributed by atoms with E-state index in [1.54, 1.807) is 0 Å². The number of benzene rings is 1. The number of hydrogen-bond acceptors (Lipinski definition) is 2. The summed E-state index contributed by atoms with van der Waals surface area (Å²) in [6.07, 6.45) is 2.73. The first kappa shape index (κ1) is 14.3. The highest BCUT2D eigenvalue weighted by Gasteiger charge is 2.09. The topological polar surface area (TPSA) is 44.9 Å². The second-order valence-electron chi connectivity index (χ2n) is 4.45. The fourth-order valence-electron chi connectivity index (χ4n) is 2.19. The van der Waals surface area contributed by atoms with Crippen LogP contribution in [-0.4, -0.2) is 29.4 Å². The van der Waals surface area contributed by atoms with Gasteiger partial charge in [0.1, 0.15) is 0 Å². The number of fused-ring (bicyclic) bond motifs is 1. The summed E-state index contributed by atoms with van der Waals surface area (Å²) in [5.74, 6) is 0.599. The predicted molar refractivity (Wildman–Crippen MR) is 83.1 cm³/mol. The molecule has 0 spiro atoms. The molecule has 1 heterocycles. The molecule has 0 saturated heterocycles. The monoisotopic (exact) mass is 296 g/mol. The van der Waals surface area contributed by atoms with Crippen LogP contribution in [-0.2, 0) is 11.2 Å².